The lowest BCUT2D eigenvalue weighted by atomic mass is 9.97. The van der Waals surface area contributed by atoms with Crippen LogP contribution < -0.4 is 0 Å². The van der Waals surface area contributed by atoms with Gasteiger partial charge < -0.3 is 5.11 Å². The van der Waals surface area contributed by atoms with Crippen molar-refractivity contribution < 1.29 is 14.7 Å². The standard InChI is InChI=1S/C17H14O3/c18-16-10-13-4-2-1-3-12(13)9-14-6-5-11(7-15(14)16)8-17(19)20/h1-7H,8-10H2,(H,19,20). The van der Waals surface area contributed by atoms with E-state index in [0.717, 1.165) is 17.5 Å². The highest BCUT2D eigenvalue weighted by atomic mass is 16.4. The lowest BCUT2D eigenvalue weighted by molar-refractivity contribution is -0.136. The molecule has 3 heteroatoms. The summed E-state index contributed by atoms with van der Waals surface area (Å²) in [5.74, 6) is -0.813. The number of carboxylic acids is 1. The maximum absolute atomic E-state index is 12.4. The van der Waals surface area contributed by atoms with E-state index in [-0.39, 0.29) is 12.2 Å². The summed E-state index contributed by atoms with van der Waals surface area (Å²) >= 11 is 0. The van der Waals surface area contributed by atoms with Crippen LogP contribution >= 0.6 is 0 Å². The van der Waals surface area contributed by atoms with E-state index in [2.05, 4.69) is 0 Å². The Kier molecular flexibility index (Phi) is 3.11. The van der Waals surface area contributed by atoms with E-state index in [1.165, 1.54) is 5.56 Å². The lowest BCUT2D eigenvalue weighted by Crippen LogP contribution is -2.06. The quantitative estimate of drug-likeness (QED) is 0.909. The molecule has 0 aliphatic heterocycles. The van der Waals surface area contributed by atoms with Crippen molar-refractivity contribution in [2.24, 2.45) is 0 Å². The van der Waals surface area contributed by atoms with Gasteiger partial charge in [-0.05, 0) is 34.7 Å². The molecule has 0 amide bonds. The van der Waals surface area contributed by atoms with Gasteiger partial charge in [0.25, 0.3) is 0 Å². The van der Waals surface area contributed by atoms with Gasteiger partial charge in [0.2, 0.25) is 0 Å². The smallest absolute Gasteiger partial charge is 0.307 e. The van der Waals surface area contributed by atoms with E-state index in [1.54, 1.807) is 12.1 Å². The fourth-order valence-electron chi connectivity index (χ4n) is 2.70. The molecule has 2 aromatic rings. The predicted octanol–water partition coefficient (Wildman–Crippen LogP) is 2.64. The summed E-state index contributed by atoms with van der Waals surface area (Å²) in [4.78, 5) is 23.1. The molecular formula is C17H14O3. The Labute approximate surface area is 116 Å². The highest BCUT2D eigenvalue weighted by Gasteiger charge is 2.19. The molecule has 0 saturated carbocycles. The fraction of sp³-hybridized carbons (Fsp3) is 0.176. The number of aliphatic carboxylic acids is 1. The fourth-order valence-corrected chi connectivity index (χ4v) is 2.70. The topological polar surface area (TPSA) is 54.4 Å². The Morgan fingerprint density at radius 3 is 2.40 bits per heavy atom. The maximum Gasteiger partial charge on any atom is 0.307 e. The minimum absolute atomic E-state index is 0.0481. The van der Waals surface area contributed by atoms with Gasteiger partial charge in [0.1, 0.15) is 0 Å². The van der Waals surface area contributed by atoms with Crippen LogP contribution in [0.25, 0.3) is 0 Å². The van der Waals surface area contributed by atoms with Gasteiger partial charge in [-0.15, -0.1) is 0 Å². The summed E-state index contributed by atoms with van der Waals surface area (Å²) in [5, 5.41) is 8.85. The maximum atomic E-state index is 12.4. The molecule has 0 aromatic heterocycles. The summed E-state index contributed by atoms with van der Waals surface area (Å²) in [6, 6.07) is 13.4. The third-order valence-electron chi connectivity index (χ3n) is 3.68. The highest BCUT2D eigenvalue weighted by Crippen LogP contribution is 2.25. The van der Waals surface area contributed by atoms with Crippen molar-refractivity contribution in [2.75, 3.05) is 0 Å². The van der Waals surface area contributed by atoms with Crippen LogP contribution in [0.4, 0.5) is 0 Å². The van der Waals surface area contributed by atoms with E-state index < -0.39 is 5.97 Å². The Morgan fingerprint density at radius 2 is 1.70 bits per heavy atom. The molecule has 0 unspecified atom stereocenters. The van der Waals surface area contributed by atoms with Crippen molar-refractivity contribution in [3.63, 3.8) is 0 Å². The second-order valence-electron chi connectivity index (χ2n) is 5.11. The minimum Gasteiger partial charge on any atom is -0.481 e. The molecule has 20 heavy (non-hydrogen) atoms. The van der Waals surface area contributed by atoms with Crippen LogP contribution in [0.1, 0.15) is 32.6 Å². The Morgan fingerprint density at radius 1 is 1.00 bits per heavy atom. The molecule has 0 radical (unpaired) electrons. The predicted molar refractivity (Wildman–Crippen MR) is 75.1 cm³/mol. The van der Waals surface area contributed by atoms with Crippen LogP contribution in [0.3, 0.4) is 0 Å². The number of Topliss-reactive ketones (excluding diaryl/α,β-unsaturated/α-hetero) is 1. The van der Waals surface area contributed by atoms with Gasteiger partial charge in [0.05, 0.1) is 6.42 Å². The van der Waals surface area contributed by atoms with Gasteiger partial charge in [-0.1, -0.05) is 36.4 Å². The molecule has 3 rings (SSSR count). The van der Waals surface area contributed by atoms with Crippen LogP contribution in [0, 0.1) is 0 Å². The van der Waals surface area contributed by atoms with E-state index in [9.17, 15) is 9.59 Å². The molecule has 1 aliphatic rings. The summed E-state index contributed by atoms with van der Waals surface area (Å²) in [5.41, 5.74) is 4.56. The minimum atomic E-state index is -0.880. The monoisotopic (exact) mass is 266 g/mol. The van der Waals surface area contributed by atoms with Gasteiger partial charge >= 0.3 is 5.97 Å². The normalized spacial score (nSPS) is 13.3. The van der Waals surface area contributed by atoms with Crippen LogP contribution in [-0.2, 0) is 24.1 Å². The van der Waals surface area contributed by atoms with E-state index >= 15 is 0 Å². The van der Waals surface area contributed by atoms with Gasteiger partial charge in [-0.25, -0.2) is 0 Å². The van der Waals surface area contributed by atoms with E-state index in [0.29, 0.717) is 17.5 Å². The number of carbonyl (C=O) groups is 2. The Hall–Kier alpha value is -2.42. The molecule has 0 heterocycles. The Bertz CT molecular complexity index is 701. The SMILES string of the molecule is O=C(O)Cc1ccc2c(c1)C(=O)Cc1ccccc1C2. The second-order valence-corrected chi connectivity index (χ2v) is 5.11. The van der Waals surface area contributed by atoms with Crippen molar-refractivity contribution in [3.05, 3.63) is 70.3 Å². The molecule has 0 spiro atoms. The van der Waals surface area contributed by atoms with Crippen molar-refractivity contribution in [3.8, 4) is 0 Å². The van der Waals surface area contributed by atoms with Crippen LogP contribution in [-0.4, -0.2) is 16.9 Å². The summed E-state index contributed by atoms with van der Waals surface area (Å²) in [6.45, 7) is 0. The molecule has 1 aliphatic carbocycles. The third-order valence-corrected chi connectivity index (χ3v) is 3.68. The first kappa shape index (κ1) is 12.6. The average molecular weight is 266 g/mol. The number of fused-ring (bicyclic) bond motifs is 2. The van der Waals surface area contributed by atoms with Crippen LogP contribution in [0.5, 0.6) is 0 Å². The zero-order valence-corrected chi connectivity index (χ0v) is 10.9. The zero-order valence-electron chi connectivity index (χ0n) is 10.9. The third kappa shape index (κ3) is 2.35. The number of ketones is 1. The molecule has 100 valence electrons. The molecule has 0 saturated heterocycles. The molecule has 0 atom stereocenters. The first-order chi connectivity index (χ1) is 9.63. The summed E-state index contributed by atoms with van der Waals surface area (Å²) in [7, 11) is 0. The largest absolute Gasteiger partial charge is 0.481 e. The van der Waals surface area contributed by atoms with Gasteiger partial charge in [0, 0.05) is 12.0 Å². The van der Waals surface area contributed by atoms with Crippen molar-refractivity contribution in [2.45, 2.75) is 19.3 Å². The molecule has 0 fully saturated rings. The highest BCUT2D eigenvalue weighted by molar-refractivity contribution is 6.00. The van der Waals surface area contributed by atoms with Crippen molar-refractivity contribution in [1.29, 1.82) is 0 Å². The van der Waals surface area contributed by atoms with E-state index in [1.807, 2.05) is 30.3 Å². The molecule has 1 N–H and O–H groups in total. The molecule has 2 aromatic carbocycles. The van der Waals surface area contributed by atoms with Crippen molar-refractivity contribution >= 4 is 11.8 Å². The number of carbonyl (C=O) groups excluding carboxylic acids is 1. The first-order valence-corrected chi connectivity index (χ1v) is 6.57. The van der Waals surface area contributed by atoms with Gasteiger partial charge in [-0.3, -0.25) is 9.59 Å². The Balaban J connectivity index is 2.04. The number of hydrogen-bond acceptors (Lipinski definition) is 2. The molecular weight excluding hydrogens is 252 g/mol. The zero-order chi connectivity index (χ0) is 14.1. The number of carboxylic acid groups (broad SMARTS) is 1. The average Bonchev–Trinajstić information content (AvgIpc) is 2.54. The summed E-state index contributed by atoms with van der Waals surface area (Å²) in [6.07, 6.45) is 1.07. The molecule has 3 nitrogen and oxygen atoms in total. The number of benzene rings is 2. The lowest BCUT2D eigenvalue weighted by Gasteiger charge is -2.07. The number of rotatable bonds is 2. The number of hydrogen-bond donors (Lipinski definition) is 1. The second kappa shape index (κ2) is 4.93. The van der Waals surface area contributed by atoms with Crippen LogP contribution in [0.15, 0.2) is 42.5 Å². The van der Waals surface area contributed by atoms with Gasteiger partial charge in [0.15, 0.2) is 5.78 Å². The van der Waals surface area contributed by atoms with Crippen molar-refractivity contribution in [1.82, 2.24) is 0 Å². The first-order valence-electron chi connectivity index (χ1n) is 6.57. The van der Waals surface area contributed by atoms with Gasteiger partial charge in [-0.2, -0.15) is 0 Å². The van der Waals surface area contributed by atoms with E-state index in [4.69, 9.17) is 5.11 Å². The molecule has 0 bridgehead atoms. The van der Waals surface area contributed by atoms with Crippen LogP contribution in [0.2, 0.25) is 0 Å². The summed E-state index contributed by atoms with van der Waals surface area (Å²) < 4.78 is 0.